The van der Waals surface area contributed by atoms with Gasteiger partial charge in [-0.1, -0.05) is 0 Å². The molecule has 10 heteroatoms. The van der Waals surface area contributed by atoms with Gasteiger partial charge in [0.15, 0.2) is 12.4 Å². The highest BCUT2D eigenvalue weighted by Gasteiger charge is 2.31. The van der Waals surface area contributed by atoms with Gasteiger partial charge in [-0.15, -0.1) is 0 Å². The van der Waals surface area contributed by atoms with Crippen molar-refractivity contribution >= 4 is 33.7 Å². The Morgan fingerprint density at radius 1 is 1.21 bits per heavy atom. The van der Waals surface area contributed by atoms with E-state index in [4.69, 9.17) is 24.2 Å². The van der Waals surface area contributed by atoms with Crippen molar-refractivity contribution < 1.29 is 19.0 Å². The number of amides is 1. The maximum atomic E-state index is 12.5. The number of pyridine rings is 2. The van der Waals surface area contributed by atoms with Crippen molar-refractivity contribution in [2.24, 2.45) is 7.05 Å². The summed E-state index contributed by atoms with van der Waals surface area (Å²) in [5.74, 6) is 0.698. The summed E-state index contributed by atoms with van der Waals surface area (Å²) in [5, 5.41) is 6.54. The van der Waals surface area contributed by atoms with E-state index in [1.807, 2.05) is 66.3 Å². The number of benzene rings is 1. The fourth-order valence-electron chi connectivity index (χ4n) is 5.03. The zero-order valence-corrected chi connectivity index (χ0v) is 23.7. The van der Waals surface area contributed by atoms with Gasteiger partial charge in [0.25, 0.3) is 0 Å². The molecule has 0 spiro atoms. The summed E-state index contributed by atoms with van der Waals surface area (Å²) in [4.78, 5) is 26.1. The van der Waals surface area contributed by atoms with Crippen LogP contribution in [-0.4, -0.2) is 76.4 Å². The van der Waals surface area contributed by atoms with E-state index >= 15 is 0 Å². The average molecular weight is 533 g/mol. The van der Waals surface area contributed by atoms with Crippen LogP contribution in [0, 0.1) is 6.92 Å². The monoisotopic (exact) mass is 532 g/mol. The number of carbonyl (C=O) groups excluding carboxylic acids is 1. The number of carbonyl (C=O) groups is 1. The molecule has 1 atom stereocenters. The molecule has 1 unspecified atom stereocenters. The number of aromatic nitrogens is 4. The van der Waals surface area contributed by atoms with Crippen LogP contribution in [0.1, 0.15) is 32.8 Å². The Hall–Kier alpha value is -3.92. The first-order chi connectivity index (χ1) is 18.5. The first-order valence-electron chi connectivity index (χ1n) is 13.1. The minimum absolute atomic E-state index is 0.0761. The van der Waals surface area contributed by atoms with E-state index in [2.05, 4.69) is 22.1 Å². The third-order valence-electron chi connectivity index (χ3n) is 6.98. The summed E-state index contributed by atoms with van der Waals surface area (Å²) in [6, 6.07) is 8.26. The number of fused-ring (bicyclic) bond motifs is 2. The molecule has 0 radical (unpaired) electrons. The predicted molar refractivity (Wildman–Crippen MR) is 151 cm³/mol. The number of nitrogens with zero attached hydrogens (tertiary/aromatic N) is 6. The molecule has 39 heavy (non-hydrogen) atoms. The molecule has 1 aromatic carbocycles. The molecule has 1 saturated heterocycles. The maximum Gasteiger partial charge on any atom is 0.410 e. The summed E-state index contributed by atoms with van der Waals surface area (Å²) in [6.45, 7) is 9.32. The highest BCUT2D eigenvalue weighted by molar-refractivity contribution is 5.92. The van der Waals surface area contributed by atoms with Gasteiger partial charge in [-0.2, -0.15) is 5.10 Å². The zero-order valence-electron chi connectivity index (χ0n) is 23.7. The fourth-order valence-corrected chi connectivity index (χ4v) is 5.03. The summed E-state index contributed by atoms with van der Waals surface area (Å²) >= 11 is 0. The Kier molecular flexibility index (Phi) is 7.07. The molecule has 1 aliphatic rings. The second-order valence-electron chi connectivity index (χ2n) is 11.1. The van der Waals surface area contributed by atoms with Crippen molar-refractivity contribution in [1.29, 1.82) is 0 Å². The lowest BCUT2D eigenvalue weighted by Crippen LogP contribution is -2.42. The van der Waals surface area contributed by atoms with E-state index in [1.54, 1.807) is 16.7 Å². The molecule has 1 fully saturated rings. The van der Waals surface area contributed by atoms with Crippen molar-refractivity contribution in [2.75, 3.05) is 38.9 Å². The minimum Gasteiger partial charge on any atom is -0.466 e. The minimum atomic E-state index is -0.517. The van der Waals surface area contributed by atoms with Gasteiger partial charge in [0.05, 0.1) is 29.1 Å². The molecule has 0 saturated carbocycles. The molecule has 206 valence electrons. The average Bonchev–Trinajstić information content (AvgIpc) is 3.53. The van der Waals surface area contributed by atoms with Gasteiger partial charge in [-0.05, 0) is 58.4 Å². The number of methoxy groups -OCH3 is 1. The Bertz CT molecular complexity index is 1530. The smallest absolute Gasteiger partial charge is 0.410 e. The van der Waals surface area contributed by atoms with Gasteiger partial charge in [-0.3, -0.25) is 4.68 Å². The molecule has 10 nitrogen and oxygen atoms in total. The highest BCUT2D eigenvalue weighted by Crippen LogP contribution is 2.38. The van der Waals surface area contributed by atoms with Gasteiger partial charge >= 0.3 is 6.09 Å². The van der Waals surface area contributed by atoms with Crippen molar-refractivity contribution in [3.8, 4) is 17.0 Å². The van der Waals surface area contributed by atoms with Gasteiger partial charge in [0.2, 0.25) is 0 Å². The summed E-state index contributed by atoms with van der Waals surface area (Å²) in [5.41, 5.74) is 4.60. The molecular weight excluding hydrogens is 496 g/mol. The summed E-state index contributed by atoms with van der Waals surface area (Å²) in [7, 11) is 5.31. The lowest BCUT2D eigenvalue weighted by Gasteiger charge is -2.28. The zero-order chi connectivity index (χ0) is 27.9. The van der Waals surface area contributed by atoms with Crippen LogP contribution in [0.2, 0.25) is 0 Å². The quantitative estimate of drug-likeness (QED) is 0.323. The van der Waals surface area contributed by atoms with Crippen LogP contribution in [0.4, 0.5) is 10.5 Å². The van der Waals surface area contributed by atoms with Crippen molar-refractivity contribution in [2.45, 2.75) is 45.8 Å². The van der Waals surface area contributed by atoms with Gasteiger partial charge < -0.3 is 24.0 Å². The number of likely N-dealkylation sites (N-methyl/N-ethyl adjacent to an activating group) is 1. The van der Waals surface area contributed by atoms with Crippen molar-refractivity contribution in [3.05, 3.63) is 42.2 Å². The third kappa shape index (κ3) is 5.47. The van der Waals surface area contributed by atoms with Crippen LogP contribution in [0.3, 0.4) is 0 Å². The number of hydrogen-bond donors (Lipinski definition) is 0. The number of anilines is 1. The third-order valence-corrected chi connectivity index (χ3v) is 6.98. The largest absolute Gasteiger partial charge is 0.466 e. The van der Waals surface area contributed by atoms with E-state index in [0.717, 1.165) is 58.3 Å². The molecule has 0 N–H and O–H groups in total. The fraction of sp³-hybridized carbons (Fsp3) is 0.448. The normalized spacial score (nSPS) is 15.8. The molecular formula is C29H36N6O4. The molecule has 0 bridgehead atoms. The number of aryl methyl sites for hydroxylation is 2. The molecule has 1 amide bonds. The van der Waals surface area contributed by atoms with Crippen LogP contribution < -0.4 is 9.64 Å². The van der Waals surface area contributed by atoms with Gasteiger partial charge in [0.1, 0.15) is 11.4 Å². The molecule has 4 aromatic rings. The Morgan fingerprint density at radius 2 is 2.00 bits per heavy atom. The maximum absolute atomic E-state index is 12.5. The van der Waals surface area contributed by atoms with E-state index in [1.165, 1.54) is 0 Å². The molecule has 0 aliphatic carbocycles. The van der Waals surface area contributed by atoms with Gasteiger partial charge in [0, 0.05) is 62.4 Å². The highest BCUT2D eigenvalue weighted by atomic mass is 16.7. The number of rotatable bonds is 6. The van der Waals surface area contributed by atoms with Crippen LogP contribution in [0.15, 0.2) is 36.7 Å². The number of hydrogen-bond acceptors (Lipinski definition) is 8. The topological polar surface area (TPSA) is 94.8 Å². The van der Waals surface area contributed by atoms with E-state index in [-0.39, 0.29) is 18.9 Å². The molecule has 3 aromatic heterocycles. The van der Waals surface area contributed by atoms with Crippen LogP contribution >= 0.6 is 0 Å². The first-order valence-corrected chi connectivity index (χ1v) is 13.1. The summed E-state index contributed by atoms with van der Waals surface area (Å²) in [6.07, 6.45) is 4.41. The second-order valence-corrected chi connectivity index (χ2v) is 11.1. The van der Waals surface area contributed by atoms with Crippen molar-refractivity contribution in [3.63, 3.8) is 0 Å². The lowest BCUT2D eigenvalue weighted by molar-refractivity contribution is 0.0238. The molecule has 5 rings (SSSR count). The van der Waals surface area contributed by atoms with Crippen LogP contribution in [0.5, 0.6) is 5.75 Å². The Morgan fingerprint density at radius 3 is 2.74 bits per heavy atom. The lowest BCUT2D eigenvalue weighted by atomic mass is 10.0. The predicted octanol–water partition coefficient (Wildman–Crippen LogP) is 4.92. The Labute approximate surface area is 228 Å². The van der Waals surface area contributed by atoms with E-state index in [0.29, 0.717) is 11.4 Å². The SMILES string of the molecule is COCOc1c(-c2ccc3cc(N4CCC(N(C)C(=O)OC(C)(C)C)C4)cnc3n2)cc2cn(C)nc2c1C. The van der Waals surface area contributed by atoms with Crippen LogP contribution in [-0.2, 0) is 16.5 Å². The van der Waals surface area contributed by atoms with E-state index < -0.39 is 5.60 Å². The first kappa shape index (κ1) is 26.7. The molecule has 1 aliphatic heterocycles. The number of ether oxygens (including phenoxy) is 3. The summed E-state index contributed by atoms with van der Waals surface area (Å²) < 4.78 is 18.5. The van der Waals surface area contributed by atoms with Crippen LogP contribution in [0.25, 0.3) is 33.2 Å². The standard InChI is InChI=1S/C29H36N6O4/c1-18-25-20(15-33(5)32-25)13-23(26(18)38-17-37-7)24-9-8-19-12-22(14-30-27(19)31-24)35-11-10-21(16-35)34(6)28(36)39-29(2,3)4/h8-9,12-15,21H,10-11,16-17H2,1-7H3. The van der Waals surface area contributed by atoms with Gasteiger partial charge in [-0.25, -0.2) is 14.8 Å². The van der Waals surface area contributed by atoms with E-state index in [9.17, 15) is 4.79 Å². The molecule has 4 heterocycles. The second kappa shape index (κ2) is 10.3. The Balaban J connectivity index is 1.40. The van der Waals surface area contributed by atoms with Crippen molar-refractivity contribution in [1.82, 2.24) is 24.6 Å².